The summed E-state index contributed by atoms with van der Waals surface area (Å²) in [5, 5.41) is 3.03. The summed E-state index contributed by atoms with van der Waals surface area (Å²) in [4.78, 5) is 24.9. The molecule has 2 aromatic rings. The molecule has 98 valence electrons. The van der Waals surface area contributed by atoms with Crippen LogP contribution in [0.15, 0.2) is 48.5 Å². The smallest absolute Gasteiger partial charge is 0.250 e. The highest BCUT2D eigenvalue weighted by molar-refractivity contribution is 6.13. The fourth-order valence-corrected chi connectivity index (χ4v) is 2.92. The molecule has 0 N–H and O–H groups in total. The van der Waals surface area contributed by atoms with Crippen molar-refractivity contribution in [2.75, 3.05) is 10.0 Å². The zero-order valence-electron chi connectivity index (χ0n) is 10.7. The van der Waals surface area contributed by atoms with Crippen LogP contribution in [0.4, 0.5) is 11.4 Å². The maximum Gasteiger partial charge on any atom is 0.250 e. The van der Waals surface area contributed by atoms with Gasteiger partial charge in [-0.3, -0.25) is 9.59 Å². The summed E-state index contributed by atoms with van der Waals surface area (Å²) in [7, 11) is 0. The van der Waals surface area contributed by atoms with Gasteiger partial charge in [0.2, 0.25) is 0 Å². The van der Waals surface area contributed by atoms with Gasteiger partial charge in [0.15, 0.2) is 0 Å². The lowest BCUT2D eigenvalue weighted by Crippen LogP contribution is -2.57. The van der Waals surface area contributed by atoms with Crippen LogP contribution in [-0.4, -0.2) is 11.8 Å². The molecule has 2 aromatic carbocycles. The molecular weight excluding hydrogens is 252 g/mol. The van der Waals surface area contributed by atoms with E-state index in [1.54, 1.807) is 0 Å². The van der Waals surface area contributed by atoms with Crippen molar-refractivity contribution in [1.82, 2.24) is 0 Å². The summed E-state index contributed by atoms with van der Waals surface area (Å²) >= 11 is 0. The fourth-order valence-electron chi connectivity index (χ4n) is 2.92. The number of hydrogen-bond donors (Lipinski definition) is 0. The molecule has 0 aliphatic carbocycles. The number of para-hydroxylation sites is 2. The van der Waals surface area contributed by atoms with Crippen LogP contribution in [-0.2, 0) is 22.4 Å². The normalized spacial score (nSPS) is 16.6. The molecule has 0 unspecified atom stereocenters. The molecule has 0 saturated heterocycles. The first-order chi connectivity index (χ1) is 9.75. The molecule has 0 radical (unpaired) electrons. The second-order valence-corrected chi connectivity index (χ2v) is 5.02. The second-order valence-electron chi connectivity index (χ2n) is 5.02. The molecule has 2 amide bonds. The summed E-state index contributed by atoms with van der Waals surface area (Å²) in [6.45, 7) is 0. The largest absolute Gasteiger partial charge is 0.272 e. The third kappa shape index (κ3) is 1.42. The average molecular weight is 264 g/mol. The summed E-state index contributed by atoms with van der Waals surface area (Å²) in [6, 6.07) is 15.1. The third-order valence-corrected chi connectivity index (χ3v) is 3.80. The molecule has 0 bridgehead atoms. The van der Waals surface area contributed by atoms with Gasteiger partial charge in [-0.1, -0.05) is 36.4 Å². The van der Waals surface area contributed by atoms with Crippen molar-refractivity contribution in [3.63, 3.8) is 0 Å². The summed E-state index contributed by atoms with van der Waals surface area (Å²) in [5.41, 5.74) is 3.43. The van der Waals surface area contributed by atoms with Crippen LogP contribution >= 0.6 is 0 Å². The molecule has 0 saturated carbocycles. The number of carbonyl (C=O) groups is 2. The number of benzene rings is 2. The average Bonchev–Trinajstić information content (AvgIpc) is 2.47. The van der Waals surface area contributed by atoms with Gasteiger partial charge in [0.1, 0.15) is 0 Å². The molecule has 0 atom stereocenters. The highest BCUT2D eigenvalue weighted by Crippen LogP contribution is 2.37. The zero-order valence-corrected chi connectivity index (χ0v) is 10.7. The minimum Gasteiger partial charge on any atom is -0.272 e. The Morgan fingerprint density at radius 1 is 0.650 bits per heavy atom. The van der Waals surface area contributed by atoms with Crippen LogP contribution < -0.4 is 10.0 Å². The van der Waals surface area contributed by atoms with Crippen LogP contribution in [0.25, 0.3) is 0 Å². The van der Waals surface area contributed by atoms with E-state index in [2.05, 4.69) is 0 Å². The molecule has 2 heterocycles. The maximum absolute atomic E-state index is 12.4. The van der Waals surface area contributed by atoms with Crippen LogP contribution in [0, 0.1) is 0 Å². The summed E-state index contributed by atoms with van der Waals surface area (Å²) < 4.78 is 0. The number of carbonyl (C=O) groups excluding carboxylic acids is 2. The number of rotatable bonds is 0. The van der Waals surface area contributed by atoms with Gasteiger partial charge in [-0.05, 0) is 23.3 Å². The maximum atomic E-state index is 12.4. The van der Waals surface area contributed by atoms with E-state index in [1.807, 2.05) is 48.5 Å². The Morgan fingerprint density at radius 3 is 1.50 bits per heavy atom. The second kappa shape index (κ2) is 3.93. The van der Waals surface area contributed by atoms with Crippen LogP contribution in [0.1, 0.15) is 11.1 Å². The van der Waals surface area contributed by atoms with Gasteiger partial charge in [-0.2, -0.15) is 0 Å². The van der Waals surface area contributed by atoms with Crippen molar-refractivity contribution < 1.29 is 9.59 Å². The Hall–Kier alpha value is -2.62. The Bertz CT molecular complexity index is 675. The van der Waals surface area contributed by atoms with Crippen LogP contribution in [0.3, 0.4) is 0 Å². The Balaban J connectivity index is 1.95. The molecular formula is C16H12N2O2. The molecule has 20 heavy (non-hydrogen) atoms. The SMILES string of the molecule is O=C1Cc2ccccc2N2C(=O)Cc3ccccc3N12. The Morgan fingerprint density at radius 2 is 1.05 bits per heavy atom. The minimum absolute atomic E-state index is 0.0656. The predicted octanol–water partition coefficient (Wildman–Crippen LogP) is 2.08. The zero-order chi connectivity index (χ0) is 13.7. The van der Waals surface area contributed by atoms with E-state index in [9.17, 15) is 9.59 Å². The lowest BCUT2D eigenvalue weighted by Gasteiger charge is -2.42. The van der Waals surface area contributed by atoms with Crippen molar-refractivity contribution >= 4 is 23.2 Å². The summed E-state index contributed by atoms with van der Waals surface area (Å²) in [6.07, 6.45) is 0.655. The highest BCUT2D eigenvalue weighted by Gasteiger charge is 2.39. The van der Waals surface area contributed by atoms with E-state index in [-0.39, 0.29) is 11.8 Å². The number of fused-ring (bicyclic) bond motifs is 5. The van der Waals surface area contributed by atoms with E-state index in [0.29, 0.717) is 12.8 Å². The van der Waals surface area contributed by atoms with E-state index in [1.165, 1.54) is 10.0 Å². The molecule has 4 rings (SSSR count). The van der Waals surface area contributed by atoms with Crippen LogP contribution in [0.5, 0.6) is 0 Å². The molecule has 0 spiro atoms. The minimum atomic E-state index is -0.0656. The number of nitrogens with zero attached hydrogens (tertiary/aromatic N) is 2. The molecule has 4 nitrogen and oxygen atoms in total. The van der Waals surface area contributed by atoms with Crippen LogP contribution in [0.2, 0.25) is 0 Å². The molecule has 4 heteroatoms. The van der Waals surface area contributed by atoms with Gasteiger partial charge in [-0.25, -0.2) is 10.0 Å². The Kier molecular flexibility index (Phi) is 2.21. The topological polar surface area (TPSA) is 40.6 Å². The predicted molar refractivity (Wildman–Crippen MR) is 75.3 cm³/mol. The van der Waals surface area contributed by atoms with E-state index in [4.69, 9.17) is 0 Å². The first-order valence-corrected chi connectivity index (χ1v) is 6.57. The lowest BCUT2D eigenvalue weighted by molar-refractivity contribution is -0.124. The number of hydrogen-bond acceptors (Lipinski definition) is 2. The molecule has 2 aliphatic rings. The standard InChI is InChI=1S/C16H12N2O2/c19-15-9-11-5-1-3-7-13(11)17-16(20)10-12-6-2-4-8-14(12)18(15)17/h1-8H,9-10H2. The van der Waals surface area contributed by atoms with E-state index >= 15 is 0 Å². The summed E-state index contributed by atoms with van der Waals surface area (Å²) in [5.74, 6) is -0.131. The number of amides is 2. The molecule has 2 aliphatic heterocycles. The van der Waals surface area contributed by atoms with Gasteiger partial charge < -0.3 is 0 Å². The van der Waals surface area contributed by atoms with Gasteiger partial charge in [0, 0.05) is 0 Å². The van der Waals surface area contributed by atoms with Gasteiger partial charge >= 0.3 is 0 Å². The fraction of sp³-hybridized carbons (Fsp3) is 0.125. The third-order valence-electron chi connectivity index (χ3n) is 3.80. The Labute approximate surface area is 116 Å². The van der Waals surface area contributed by atoms with Crippen molar-refractivity contribution in [1.29, 1.82) is 0 Å². The van der Waals surface area contributed by atoms with Gasteiger partial charge in [0.25, 0.3) is 11.8 Å². The monoisotopic (exact) mass is 264 g/mol. The quantitative estimate of drug-likeness (QED) is 0.731. The first kappa shape index (κ1) is 11.2. The van der Waals surface area contributed by atoms with Crippen molar-refractivity contribution in [3.8, 4) is 0 Å². The van der Waals surface area contributed by atoms with E-state index < -0.39 is 0 Å². The van der Waals surface area contributed by atoms with Gasteiger partial charge in [-0.15, -0.1) is 0 Å². The van der Waals surface area contributed by atoms with Gasteiger partial charge in [0.05, 0.1) is 24.2 Å². The molecule has 0 fully saturated rings. The number of anilines is 2. The first-order valence-electron chi connectivity index (χ1n) is 6.57. The van der Waals surface area contributed by atoms with Crippen molar-refractivity contribution in [3.05, 3.63) is 59.7 Å². The van der Waals surface area contributed by atoms with Crippen molar-refractivity contribution in [2.45, 2.75) is 12.8 Å². The highest BCUT2D eigenvalue weighted by atomic mass is 16.2. The van der Waals surface area contributed by atoms with Crippen molar-refractivity contribution in [2.24, 2.45) is 0 Å². The lowest BCUT2D eigenvalue weighted by atomic mass is 10.0. The van der Waals surface area contributed by atoms with E-state index in [0.717, 1.165) is 22.5 Å². The molecule has 0 aromatic heterocycles. The number of hydrazine groups is 1.